The Bertz CT molecular complexity index is 993. The second kappa shape index (κ2) is 15.3. The Balaban J connectivity index is 2.11. The molecule has 0 spiro atoms. The molecule has 3 N–H and O–H groups in total. The fourth-order valence-corrected chi connectivity index (χ4v) is 3.69. The van der Waals surface area contributed by atoms with Crippen LogP contribution in [0, 0.1) is 11.8 Å². The molecule has 192 valence electrons. The summed E-state index contributed by atoms with van der Waals surface area (Å²) in [6.45, 7) is 8.72. The van der Waals surface area contributed by atoms with E-state index in [1.54, 1.807) is 13.0 Å². The van der Waals surface area contributed by atoms with E-state index in [1.165, 1.54) is 6.08 Å². The minimum Gasteiger partial charge on any atom is -0.463 e. The summed E-state index contributed by atoms with van der Waals surface area (Å²) >= 11 is 0. The highest BCUT2D eigenvalue weighted by Crippen LogP contribution is 2.17. The highest BCUT2D eigenvalue weighted by Gasteiger charge is 2.30. The number of carbonyl (C=O) groups excluding carboxylic acids is 3. The maximum absolute atomic E-state index is 13.2. The smallest absolute Gasteiger partial charge is 0.309 e. The normalized spacial score (nSPS) is 13.9. The number of carbonyl (C=O) groups is 3. The third-order valence-corrected chi connectivity index (χ3v) is 5.76. The molecule has 0 heterocycles. The standard InChI is InChI=1S/C29H36N2O5/c1-4-12-21(3)29(35)36-20-26(23-16-10-7-11-17-23)31-28(34)25(13-5-2)27(33)30-24(19-32)18-22-14-8-6-9-15-22/h4-11,14-17,21,24-26,32H,1-2,12-13,18-20H2,3H3,(H,30,33)(H,31,34)/t21-,24+,25?,26+/m0/s1. The summed E-state index contributed by atoms with van der Waals surface area (Å²) in [6, 6.07) is 17.4. The number of allylic oxidation sites excluding steroid dienone is 2. The zero-order valence-electron chi connectivity index (χ0n) is 20.8. The molecule has 0 aliphatic rings. The molecule has 2 rings (SSSR count). The van der Waals surface area contributed by atoms with Crippen LogP contribution in [0.15, 0.2) is 86.0 Å². The maximum atomic E-state index is 13.2. The third-order valence-electron chi connectivity index (χ3n) is 5.76. The van der Waals surface area contributed by atoms with Gasteiger partial charge in [0, 0.05) is 0 Å². The molecule has 0 bridgehead atoms. The van der Waals surface area contributed by atoms with Crippen molar-refractivity contribution in [3.8, 4) is 0 Å². The first-order valence-electron chi connectivity index (χ1n) is 12.1. The van der Waals surface area contributed by atoms with Gasteiger partial charge in [0.1, 0.15) is 12.5 Å². The molecule has 2 aromatic rings. The van der Waals surface area contributed by atoms with E-state index >= 15 is 0 Å². The zero-order chi connectivity index (χ0) is 26.3. The van der Waals surface area contributed by atoms with Crippen molar-refractivity contribution in [1.82, 2.24) is 10.6 Å². The van der Waals surface area contributed by atoms with E-state index in [0.717, 1.165) is 11.1 Å². The summed E-state index contributed by atoms with van der Waals surface area (Å²) < 4.78 is 5.47. The molecule has 0 radical (unpaired) electrons. The van der Waals surface area contributed by atoms with Crippen LogP contribution in [0.25, 0.3) is 0 Å². The molecule has 0 aliphatic heterocycles. The van der Waals surface area contributed by atoms with Crippen molar-refractivity contribution in [2.24, 2.45) is 11.8 Å². The van der Waals surface area contributed by atoms with Gasteiger partial charge in [-0.15, -0.1) is 13.2 Å². The van der Waals surface area contributed by atoms with Gasteiger partial charge in [0.15, 0.2) is 0 Å². The molecule has 1 unspecified atom stereocenters. The predicted molar refractivity (Wildman–Crippen MR) is 140 cm³/mol. The molecule has 0 aliphatic carbocycles. The van der Waals surface area contributed by atoms with Crippen LogP contribution in [0.3, 0.4) is 0 Å². The third kappa shape index (κ3) is 9.15. The number of benzene rings is 2. The number of esters is 1. The SMILES string of the molecule is C=CCC(C(=O)N[C@@H](CO)Cc1ccccc1)C(=O)N[C@H](COC(=O)[C@@H](C)CC=C)c1ccccc1. The van der Waals surface area contributed by atoms with Crippen molar-refractivity contribution in [2.75, 3.05) is 13.2 Å². The molecule has 0 saturated heterocycles. The highest BCUT2D eigenvalue weighted by atomic mass is 16.5. The van der Waals surface area contributed by atoms with Crippen LogP contribution in [0.4, 0.5) is 0 Å². The molecule has 36 heavy (non-hydrogen) atoms. The summed E-state index contributed by atoms with van der Waals surface area (Å²) in [5.74, 6) is -2.83. The molecule has 0 saturated carbocycles. The van der Waals surface area contributed by atoms with Crippen molar-refractivity contribution in [3.63, 3.8) is 0 Å². The van der Waals surface area contributed by atoms with Crippen molar-refractivity contribution < 1.29 is 24.2 Å². The second-order valence-electron chi connectivity index (χ2n) is 8.68. The van der Waals surface area contributed by atoms with Gasteiger partial charge in [-0.25, -0.2) is 0 Å². The summed E-state index contributed by atoms with van der Waals surface area (Å²) in [5, 5.41) is 15.4. The Hall–Kier alpha value is -3.71. The van der Waals surface area contributed by atoms with Gasteiger partial charge in [-0.2, -0.15) is 0 Å². The lowest BCUT2D eigenvalue weighted by molar-refractivity contribution is -0.149. The van der Waals surface area contributed by atoms with E-state index in [9.17, 15) is 19.5 Å². The number of amides is 2. The van der Waals surface area contributed by atoms with Crippen LogP contribution in [-0.2, 0) is 25.5 Å². The lowest BCUT2D eigenvalue weighted by Gasteiger charge is -2.24. The monoisotopic (exact) mass is 492 g/mol. The fraction of sp³-hybridized carbons (Fsp3) is 0.345. The first kappa shape index (κ1) is 28.5. The Morgan fingerprint density at radius 3 is 2.08 bits per heavy atom. The first-order valence-corrected chi connectivity index (χ1v) is 12.1. The zero-order valence-corrected chi connectivity index (χ0v) is 20.8. The van der Waals surface area contributed by atoms with E-state index in [4.69, 9.17) is 4.74 Å². The van der Waals surface area contributed by atoms with E-state index in [0.29, 0.717) is 12.8 Å². The molecule has 2 aromatic carbocycles. The van der Waals surface area contributed by atoms with Crippen LogP contribution in [0.5, 0.6) is 0 Å². The number of rotatable bonds is 15. The maximum Gasteiger partial charge on any atom is 0.309 e. The number of hydrogen-bond donors (Lipinski definition) is 3. The number of ether oxygens (including phenoxy) is 1. The molecule has 0 fully saturated rings. The number of nitrogens with one attached hydrogen (secondary N) is 2. The van der Waals surface area contributed by atoms with Crippen LogP contribution in [0.1, 0.15) is 36.9 Å². The van der Waals surface area contributed by atoms with Gasteiger partial charge < -0.3 is 20.5 Å². The molecular weight excluding hydrogens is 456 g/mol. The van der Waals surface area contributed by atoms with Gasteiger partial charge >= 0.3 is 5.97 Å². The van der Waals surface area contributed by atoms with Gasteiger partial charge in [0.05, 0.1) is 24.6 Å². The molecule has 7 nitrogen and oxygen atoms in total. The van der Waals surface area contributed by atoms with E-state index in [-0.39, 0.29) is 25.6 Å². The van der Waals surface area contributed by atoms with Gasteiger partial charge in [0.25, 0.3) is 0 Å². The molecule has 4 atom stereocenters. The van der Waals surface area contributed by atoms with Crippen molar-refractivity contribution in [3.05, 3.63) is 97.1 Å². The number of aliphatic hydroxyl groups excluding tert-OH is 1. The largest absolute Gasteiger partial charge is 0.463 e. The average molecular weight is 493 g/mol. The van der Waals surface area contributed by atoms with Crippen molar-refractivity contribution >= 4 is 17.8 Å². The van der Waals surface area contributed by atoms with Gasteiger partial charge in [0.2, 0.25) is 11.8 Å². The second-order valence-corrected chi connectivity index (χ2v) is 8.68. The van der Waals surface area contributed by atoms with Crippen molar-refractivity contribution in [2.45, 2.75) is 38.3 Å². The van der Waals surface area contributed by atoms with E-state index < -0.39 is 35.8 Å². The summed E-state index contributed by atoms with van der Waals surface area (Å²) in [4.78, 5) is 38.6. The minimum atomic E-state index is -1.06. The summed E-state index contributed by atoms with van der Waals surface area (Å²) in [5.41, 5.74) is 1.70. The Labute approximate surface area is 213 Å². The topological polar surface area (TPSA) is 105 Å². The lowest BCUT2D eigenvalue weighted by atomic mass is 9.99. The van der Waals surface area contributed by atoms with E-state index in [2.05, 4.69) is 23.8 Å². The van der Waals surface area contributed by atoms with Gasteiger partial charge in [-0.1, -0.05) is 79.7 Å². The lowest BCUT2D eigenvalue weighted by Crippen LogP contribution is -2.47. The molecule has 0 aromatic heterocycles. The van der Waals surface area contributed by atoms with Gasteiger partial charge in [-0.3, -0.25) is 14.4 Å². The van der Waals surface area contributed by atoms with Crippen LogP contribution >= 0.6 is 0 Å². The summed E-state index contributed by atoms with van der Waals surface area (Å²) in [7, 11) is 0. The van der Waals surface area contributed by atoms with Crippen LogP contribution < -0.4 is 10.6 Å². The highest BCUT2D eigenvalue weighted by molar-refractivity contribution is 6.00. The summed E-state index contributed by atoms with van der Waals surface area (Å²) in [6.07, 6.45) is 4.18. The molecule has 7 heteroatoms. The number of hydrogen-bond acceptors (Lipinski definition) is 5. The van der Waals surface area contributed by atoms with E-state index in [1.807, 2.05) is 60.7 Å². The Morgan fingerprint density at radius 1 is 0.917 bits per heavy atom. The van der Waals surface area contributed by atoms with Crippen LogP contribution in [-0.4, -0.2) is 42.1 Å². The van der Waals surface area contributed by atoms with Crippen LogP contribution in [0.2, 0.25) is 0 Å². The minimum absolute atomic E-state index is 0.0776. The van der Waals surface area contributed by atoms with Gasteiger partial charge in [-0.05, 0) is 30.4 Å². The molecule has 2 amide bonds. The fourth-order valence-electron chi connectivity index (χ4n) is 3.69. The van der Waals surface area contributed by atoms with Crippen molar-refractivity contribution in [1.29, 1.82) is 0 Å². The Morgan fingerprint density at radius 2 is 1.50 bits per heavy atom. The predicted octanol–water partition coefficient (Wildman–Crippen LogP) is 3.51. The Kier molecular flexibility index (Phi) is 12.1. The number of aliphatic hydroxyl groups is 1. The quantitative estimate of drug-likeness (QED) is 0.201. The average Bonchev–Trinajstić information content (AvgIpc) is 2.90. The first-order chi connectivity index (χ1) is 17.4. The molecular formula is C29H36N2O5.